The van der Waals surface area contributed by atoms with Crippen LogP contribution < -0.4 is 5.32 Å². The Labute approximate surface area is 126 Å². The maximum atomic E-state index is 12.4. The van der Waals surface area contributed by atoms with Crippen molar-refractivity contribution in [2.45, 2.75) is 38.3 Å². The molecular formula is C15H18F3N3O. The number of aromatic nitrogens is 1. The van der Waals surface area contributed by atoms with Crippen molar-refractivity contribution in [3.8, 4) is 0 Å². The number of carbonyl (C=O) groups is 1. The number of anilines is 1. The average molecular weight is 313 g/mol. The van der Waals surface area contributed by atoms with Crippen LogP contribution in [0, 0.1) is 5.41 Å². The molecule has 120 valence electrons. The average Bonchev–Trinajstić information content (AvgIpc) is 3.09. The number of rotatable bonds is 1. The van der Waals surface area contributed by atoms with Gasteiger partial charge in [0.05, 0.1) is 11.9 Å². The van der Waals surface area contributed by atoms with Gasteiger partial charge in [-0.3, -0.25) is 0 Å². The van der Waals surface area contributed by atoms with Gasteiger partial charge in [-0.25, -0.2) is 9.78 Å². The minimum Gasteiger partial charge on any atom is -0.324 e. The molecule has 2 fully saturated rings. The first kappa shape index (κ1) is 15.1. The van der Waals surface area contributed by atoms with Crippen LogP contribution in [0.4, 0.5) is 23.7 Å². The SMILES string of the molecule is O=C(Nc1ccc(C(F)(F)F)nc1)N1CCC2(CCCC2)C1. The van der Waals surface area contributed by atoms with E-state index < -0.39 is 11.9 Å². The molecule has 2 heterocycles. The van der Waals surface area contributed by atoms with E-state index >= 15 is 0 Å². The monoisotopic (exact) mass is 313 g/mol. The van der Waals surface area contributed by atoms with Crippen LogP contribution in [-0.2, 0) is 6.18 Å². The predicted octanol–water partition coefficient (Wildman–Crippen LogP) is 3.90. The standard InChI is InChI=1S/C15H18F3N3O/c16-15(17,18)12-4-3-11(9-19-12)20-13(22)21-8-7-14(10-21)5-1-2-6-14/h3-4,9H,1-2,5-8,10H2,(H,20,22). The first-order valence-electron chi connectivity index (χ1n) is 7.47. The fraction of sp³-hybridized carbons (Fsp3) is 0.600. The van der Waals surface area contributed by atoms with Gasteiger partial charge in [-0.15, -0.1) is 0 Å². The summed E-state index contributed by atoms with van der Waals surface area (Å²) in [4.78, 5) is 17.3. The third kappa shape index (κ3) is 3.03. The van der Waals surface area contributed by atoms with Crippen molar-refractivity contribution in [1.29, 1.82) is 0 Å². The van der Waals surface area contributed by atoms with Gasteiger partial charge in [0.15, 0.2) is 0 Å². The molecule has 1 saturated heterocycles. The van der Waals surface area contributed by atoms with Crippen molar-refractivity contribution in [2.24, 2.45) is 5.41 Å². The van der Waals surface area contributed by atoms with Gasteiger partial charge in [-0.2, -0.15) is 13.2 Å². The normalized spacial score (nSPS) is 20.6. The van der Waals surface area contributed by atoms with Crippen molar-refractivity contribution in [2.75, 3.05) is 18.4 Å². The topological polar surface area (TPSA) is 45.2 Å². The van der Waals surface area contributed by atoms with Crippen LogP contribution in [0.3, 0.4) is 0 Å². The minimum atomic E-state index is -4.47. The van der Waals surface area contributed by atoms with Gasteiger partial charge >= 0.3 is 12.2 Å². The van der Waals surface area contributed by atoms with E-state index in [0.717, 1.165) is 25.2 Å². The number of pyridine rings is 1. The molecule has 0 bridgehead atoms. The lowest BCUT2D eigenvalue weighted by atomic mass is 9.86. The smallest absolute Gasteiger partial charge is 0.324 e. The number of nitrogens with zero attached hydrogens (tertiary/aromatic N) is 2. The van der Waals surface area contributed by atoms with Crippen molar-refractivity contribution in [1.82, 2.24) is 9.88 Å². The van der Waals surface area contributed by atoms with E-state index in [-0.39, 0.29) is 17.1 Å². The summed E-state index contributed by atoms with van der Waals surface area (Å²) >= 11 is 0. The lowest BCUT2D eigenvalue weighted by molar-refractivity contribution is -0.141. The Bertz CT molecular complexity index is 550. The third-order valence-electron chi connectivity index (χ3n) is 4.69. The summed E-state index contributed by atoms with van der Waals surface area (Å²) in [6.07, 6.45) is 2.37. The van der Waals surface area contributed by atoms with Gasteiger partial charge in [0.1, 0.15) is 5.69 Å². The maximum absolute atomic E-state index is 12.4. The first-order valence-corrected chi connectivity index (χ1v) is 7.47. The minimum absolute atomic E-state index is 0.259. The van der Waals surface area contributed by atoms with E-state index in [1.54, 1.807) is 4.90 Å². The molecule has 1 aromatic rings. The third-order valence-corrected chi connectivity index (χ3v) is 4.69. The van der Waals surface area contributed by atoms with Crippen LogP contribution in [0.25, 0.3) is 0 Å². The number of amides is 2. The highest BCUT2D eigenvalue weighted by Crippen LogP contribution is 2.45. The van der Waals surface area contributed by atoms with Gasteiger partial charge in [-0.05, 0) is 36.8 Å². The van der Waals surface area contributed by atoms with E-state index in [1.807, 2.05) is 0 Å². The zero-order chi connectivity index (χ0) is 15.8. The Kier molecular flexibility index (Phi) is 3.74. The lowest BCUT2D eigenvalue weighted by Crippen LogP contribution is -2.34. The summed E-state index contributed by atoms with van der Waals surface area (Å²) in [6, 6.07) is 1.85. The van der Waals surface area contributed by atoms with E-state index in [2.05, 4.69) is 10.3 Å². The summed E-state index contributed by atoms with van der Waals surface area (Å²) in [7, 11) is 0. The van der Waals surface area contributed by atoms with Crippen LogP contribution in [0.5, 0.6) is 0 Å². The molecule has 1 N–H and O–H groups in total. The van der Waals surface area contributed by atoms with Crippen LogP contribution in [0.1, 0.15) is 37.8 Å². The lowest BCUT2D eigenvalue weighted by Gasteiger charge is -2.23. The Hall–Kier alpha value is -1.79. The Balaban J connectivity index is 1.60. The molecule has 0 aromatic carbocycles. The van der Waals surface area contributed by atoms with Gasteiger partial charge in [0.25, 0.3) is 0 Å². The van der Waals surface area contributed by atoms with E-state index in [1.165, 1.54) is 31.7 Å². The maximum Gasteiger partial charge on any atom is 0.433 e. The van der Waals surface area contributed by atoms with E-state index in [0.29, 0.717) is 6.54 Å². The molecule has 2 aliphatic rings. The molecule has 1 aliphatic carbocycles. The number of nitrogens with one attached hydrogen (secondary N) is 1. The van der Waals surface area contributed by atoms with Crippen LogP contribution in [0.15, 0.2) is 18.3 Å². The number of carbonyl (C=O) groups excluding carboxylic acids is 1. The van der Waals surface area contributed by atoms with Crippen molar-refractivity contribution in [3.05, 3.63) is 24.0 Å². The number of alkyl halides is 3. The Morgan fingerprint density at radius 3 is 2.55 bits per heavy atom. The highest BCUT2D eigenvalue weighted by molar-refractivity contribution is 5.89. The zero-order valence-corrected chi connectivity index (χ0v) is 12.1. The molecule has 1 aromatic heterocycles. The number of halogens is 3. The summed E-state index contributed by atoms with van der Waals surface area (Å²) in [5.74, 6) is 0. The fourth-order valence-electron chi connectivity index (χ4n) is 3.48. The molecule has 0 radical (unpaired) electrons. The van der Waals surface area contributed by atoms with Gasteiger partial charge in [-0.1, -0.05) is 12.8 Å². The van der Waals surface area contributed by atoms with Gasteiger partial charge in [0, 0.05) is 13.1 Å². The number of hydrogen-bond donors (Lipinski definition) is 1. The van der Waals surface area contributed by atoms with Crippen molar-refractivity contribution < 1.29 is 18.0 Å². The molecule has 1 aliphatic heterocycles. The van der Waals surface area contributed by atoms with E-state index in [9.17, 15) is 18.0 Å². The van der Waals surface area contributed by atoms with Crippen LogP contribution in [0.2, 0.25) is 0 Å². The Morgan fingerprint density at radius 2 is 1.95 bits per heavy atom. The summed E-state index contributed by atoms with van der Waals surface area (Å²) < 4.78 is 37.3. The second-order valence-corrected chi connectivity index (χ2v) is 6.24. The summed E-state index contributed by atoms with van der Waals surface area (Å²) in [5.41, 5.74) is -0.405. The largest absolute Gasteiger partial charge is 0.433 e. The molecule has 7 heteroatoms. The summed E-state index contributed by atoms with van der Waals surface area (Å²) in [6.45, 7) is 1.45. The van der Waals surface area contributed by atoms with Crippen LogP contribution in [-0.4, -0.2) is 29.0 Å². The highest BCUT2D eigenvalue weighted by atomic mass is 19.4. The van der Waals surface area contributed by atoms with Crippen LogP contribution >= 0.6 is 0 Å². The Morgan fingerprint density at radius 1 is 1.23 bits per heavy atom. The molecule has 0 atom stereocenters. The molecule has 4 nitrogen and oxygen atoms in total. The molecule has 3 rings (SSSR count). The number of hydrogen-bond acceptors (Lipinski definition) is 2. The quantitative estimate of drug-likeness (QED) is 0.854. The fourth-order valence-corrected chi connectivity index (χ4v) is 3.48. The van der Waals surface area contributed by atoms with Gasteiger partial charge in [0.2, 0.25) is 0 Å². The molecular weight excluding hydrogens is 295 g/mol. The number of urea groups is 1. The second kappa shape index (κ2) is 5.44. The number of likely N-dealkylation sites (tertiary alicyclic amines) is 1. The molecule has 2 amide bonds. The molecule has 22 heavy (non-hydrogen) atoms. The molecule has 1 spiro atoms. The van der Waals surface area contributed by atoms with E-state index in [4.69, 9.17) is 0 Å². The zero-order valence-electron chi connectivity index (χ0n) is 12.1. The highest BCUT2D eigenvalue weighted by Gasteiger charge is 2.41. The second-order valence-electron chi connectivity index (χ2n) is 6.24. The van der Waals surface area contributed by atoms with Crippen molar-refractivity contribution >= 4 is 11.7 Å². The first-order chi connectivity index (χ1) is 10.4. The summed E-state index contributed by atoms with van der Waals surface area (Å²) in [5, 5.41) is 2.63. The molecule has 1 saturated carbocycles. The molecule has 0 unspecified atom stereocenters. The van der Waals surface area contributed by atoms with Gasteiger partial charge < -0.3 is 10.2 Å². The predicted molar refractivity (Wildman–Crippen MR) is 75.3 cm³/mol. The van der Waals surface area contributed by atoms with Crippen molar-refractivity contribution in [3.63, 3.8) is 0 Å².